The van der Waals surface area contributed by atoms with Crippen molar-refractivity contribution in [1.82, 2.24) is 9.78 Å². The van der Waals surface area contributed by atoms with Gasteiger partial charge in [-0.15, -0.1) is 0 Å². The first-order valence-electron chi connectivity index (χ1n) is 5.87. The van der Waals surface area contributed by atoms with Gasteiger partial charge in [-0.2, -0.15) is 5.10 Å². The van der Waals surface area contributed by atoms with E-state index in [1.165, 1.54) is 0 Å². The SMILES string of the molecule is Cc1cccc(NC(=O)c2cn(C)nc2C)c1C. The summed E-state index contributed by atoms with van der Waals surface area (Å²) in [6, 6.07) is 5.88. The Morgan fingerprint density at radius 1 is 1.28 bits per heavy atom. The molecule has 0 bridgehead atoms. The Hall–Kier alpha value is -2.10. The third-order valence-electron chi connectivity index (χ3n) is 3.11. The highest BCUT2D eigenvalue weighted by Gasteiger charge is 2.13. The number of hydrogen-bond donors (Lipinski definition) is 1. The highest BCUT2D eigenvalue weighted by atomic mass is 16.1. The second-order valence-corrected chi connectivity index (χ2v) is 4.50. The van der Waals surface area contributed by atoms with Crippen LogP contribution < -0.4 is 5.32 Å². The maximum Gasteiger partial charge on any atom is 0.259 e. The lowest BCUT2D eigenvalue weighted by Crippen LogP contribution is -2.13. The Morgan fingerprint density at radius 2 is 2.00 bits per heavy atom. The second-order valence-electron chi connectivity index (χ2n) is 4.50. The van der Waals surface area contributed by atoms with Crippen LogP contribution >= 0.6 is 0 Å². The molecule has 0 spiro atoms. The smallest absolute Gasteiger partial charge is 0.259 e. The number of anilines is 1. The minimum Gasteiger partial charge on any atom is -0.322 e. The quantitative estimate of drug-likeness (QED) is 0.881. The molecule has 0 aliphatic heterocycles. The first kappa shape index (κ1) is 12.4. The lowest BCUT2D eigenvalue weighted by molar-refractivity contribution is 0.102. The van der Waals surface area contributed by atoms with Crippen LogP contribution in [0.2, 0.25) is 0 Å². The number of rotatable bonds is 2. The maximum atomic E-state index is 12.1. The summed E-state index contributed by atoms with van der Waals surface area (Å²) in [5, 5.41) is 7.10. The van der Waals surface area contributed by atoms with Crippen LogP contribution in [0.1, 0.15) is 27.2 Å². The predicted octanol–water partition coefficient (Wildman–Crippen LogP) is 2.60. The van der Waals surface area contributed by atoms with E-state index < -0.39 is 0 Å². The molecule has 1 aromatic heterocycles. The van der Waals surface area contributed by atoms with Crippen LogP contribution in [0, 0.1) is 20.8 Å². The number of carbonyl (C=O) groups excluding carboxylic acids is 1. The molecular weight excluding hydrogens is 226 g/mol. The predicted molar refractivity (Wildman–Crippen MR) is 71.8 cm³/mol. The topological polar surface area (TPSA) is 46.9 Å². The summed E-state index contributed by atoms with van der Waals surface area (Å²) in [5.41, 5.74) is 4.45. The summed E-state index contributed by atoms with van der Waals surface area (Å²) in [6.07, 6.45) is 1.73. The Kier molecular flexibility index (Phi) is 3.19. The van der Waals surface area contributed by atoms with Crippen molar-refractivity contribution >= 4 is 11.6 Å². The van der Waals surface area contributed by atoms with Crippen LogP contribution in [0.4, 0.5) is 5.69 Å². The van der Waals surface area contributed by atoms with Crippen LogP contribution in [-0.2, 0) is 7.05 Å². The summed E-state index contributed by atoms with van der Waals surface area (Å²) in [6.45, 7) is 5.86. The average molecular weight is 243 g/mol. The van der Waals surface area contributed by atoms with E-state index in [0.29, 0.717) is 5.56 Å². The number of hydrogen-bond acceptors (Lipinski definition) is 2. The molecule has 0 saturated heterocycles. The summed E-state index contributed by atoms with van der Waals surface area (Å²) < 4.78 is 1.65. The third-order valence-corrected chi connectivity index (χ3v) is 3.11. The molecule has 1 amide bonds. The van der Waals surface area contributed by atoms with E-state index in [1.54, 1.807) is 10.9 Å². The monoisotopic (exact) mass is 243 g/mol. The Labute approximate surface area is 107 Å². The zero-order valence-corrected chi connectivity index (χ0v) is 11.1. The van der Waals surface area contributed by atoms with Gasteiger partial charge in [-0.25, -0.2) is 0 Å². The third kappa shape index (κ3) is 2.27. The van der Waals surface area contributed by atoms with E-state index >= 15 is 0 Å². The standard InChI is InChI=1S/C14H17N3O/c1-9-6-5-7-13(10(9)2)15-14(18)12-8-17(4)16-11(12)3/h5-8H,1-4H3,(H,15,18). The van der Waals surface area contributed by atoms with Gasteiger partial charge >= 0.3 is 0 Å². The summed E-state index contributed by atoms with van der Waals surface area (Å²) in [5.74, 6) is -0.116. The maximum absolute atomic E-state index is 12.1. The van der Waals surface area contributed by atoms with Gasteiger partial charge in [-0.1, -0.05) is 12.1 Å². The van der Waals surface area contributed by atoms with Gasteiger partial charge in [0.05, 0.1) is 11.3 Å². The molecule has 0 fully saturated rings. The molecule has 4 nitrogen and oxygen atoms in total. The minimum absolute atomic E-state index is 0.116. The number of benzene rings is 1. The lowest BCUT2D eigenvalue weighted by Gasteiger charge is -2.09. The largest absolute Gasteiger partial charge is 0.322 e. The Morgan fingerprint density at radius 3 is 2.61 bits per heavy atom. The van der Waals surface area contributed by atoms with Crippen molar-refractivity contribution in [3.05, 3.63) is 46.8 Å². The summed E-state index contributed by atoms with van der Waals surface area (Å²) in [7, 11) is 1.81. The van der Waals surface area contributed by atoms with Crippen LogP contribution in [0.15, 0.2) is 24.4 Å². The zero-order chi connectivity index (χ0) is 13.3. The number of nitrogens with one attached hydrogen (secondary N) is 1. The molecule has 18 heavy (non-hydrogen) atoms. The highest BCUT2D eigenvalue weighted by molar-refractivity contribution is 6.05. The molecule has 2 rings (SSSR count). The van der Waals surface area contributed by atoms with Gasteiger partial charge < -0.3 is 5.32 Å². The molecule has 0 radical (unpaired) electrons. The van der Waals surface area contributed by atoms with Crippen LogP contribution in [0.25, 0.3) is 0 Å². The molecule has 0 aliphatic rings. The average Bonchev–Trinajstić information content (AvgIpc) is 2.64. The van der Waals surface area contributed by atoms with Gasteiger partial charge in [0.1, 0.15) is 0 Å². The fourth-order valence-corrected chi connectivity index (χ4v) is 1.90. The van der Waals surface area contributed by atoms with Crippen LogP contribution in [0.5, 0.6) is 0 Å². The van der Waals surface area contributed by atoms with Crippen molar-refractivity contribution in [1.29, 1.82) is 0 Å². The van der Waals surface area contributed by atoms with Gasteiger partial charge in [0, 0.05) is 18.9 Å². The van der Waals surface area contributed by atoms with Gasteiger partial charge in [0.25, 0.3) is 5.91 Å². The van der Waals surface area contributed by atoms with Crippen LogP contribution in [0.3, 0.4) is 0 Å². The Bertz CT molecular complexity index is 599. The first-order chi connectivity index (χ1) is 8.49. The first-order valence-corrected chi connectivity index (χ1v) is 5.87. The number of aromatic nitrogens is 2. The second kappa shape index (κ2) is 4.64. The van der Waals surface area contributed by atoms with Gasteiger partial charge in [0.2, 0.25) is 0 Å². The number of aryl methyl sites for hydroxylation is 3. The van der Waals surface area contributed by atoms with E-state index in [4.69, 9.17) is 0 Å². The van der Waals surface area contributed by atoms with E-state index in [9.17, 15) is 4.79 Å². The Balaban J connectivity index is 2.27. The minimum atomic E-state index is -0.116. The summed E-state index contributed by atoms with van der Waals surface area (Å²) in [4.78, 5) is 12.1. The fourth-order valence-electron chi connectivity index (χ4n) is 1.90. The lowest BCUT2D eigenvalue weighted by atomic mass is 10.1. The molecule has 4 heteroatoms. The number of nitrogens with zero attached hydrogens (tertiary/aromatic N) is 2. The van der Waals surface area contributed by atoms with Gasteiger partial charge in [-0.05, 0) is 38.0 Å². The molecule has 0 saturated carbocycles. The molecule has 0 atom stereocenters. The highest BCUT2D eigenvalue weighted by Crippen LogP contribution is 2.19. The van der Waals surface area contributed by atoms with Crippen LogP contribution in [-0.4, -0.2) is 15.7 Å². The van der Waals surface area contributed by atoms with E-state index in [-0.39, 0.29) is 5.91 Å². The van der Waals surface area contributed by atoms with E-state index in [0.717, 1.165) is 22.5 Å². The van der Waals surface area contributed by atoms with Crippen molar-refractivity contribution in [3.63, 3.8) is 0 Å². The molecule has 1 aromatic carbocycles. The zero-order valence-electron chi connectivity index (χ0n) is 11.1. The van der Waals surface area contributed by atoms with Gasteiger partial charge in [0.15, 0.2) is 0 Å². The normalized spacial score (nSPS) is 10.4. The molecule has 94 valence electrons. The summed E-state index contributed by atoms with van der Waals surface area (Å²) >= 11 is 0. The molecule has 2 aromatic rings. The van der Waals surface area contributed by atoms with Crippen molar-refractivity contribution in [3.8, 4) is 0 Å². The van der Waals surface area contributed by atoms with Crippen molar-refractivity contribution in [2.45, 2.75) is 20.8 Å². The molecule has 0 aliphatic carbocycles. The fraction of sp³-hybridized carbons (Fsp3) is 0.286. The van der Waals surface area contributed by atoms with Gasteiger partial charge in [-0.3, -0.25) is 9.48 Å². The number of amides is 1. The molecule has 1 N–H and O–H groups in total. The van der Waals surface area contributed by atoms with E-state index in [2.05, 4.69) is 10.4 Å². The van der Waals surface area contributed by atoms with Crippen molar-refractivity contribution < 1.29 is 4.79 Å². The van der Waals surface area contributed by atoms with E-state index in [1.807, 2.05) is 46.0 Å². The molecule has 1 heterocycles. The molecule has 0 unspecified atom stereocenters. The molecular formula is C14H17N3O. The van der Waals surface area contributed by atoms with Crippen molar-refractivity contribution in [2.24, 2.45) is 7.05 Å². The number of carbonyl (C=O) groups is 1. The van der Waals surface area contributed by atoms with Crippen molar-refractivity contribution in [2.75, 3.05) is 5.32 Å².